The second-order valence-electron chi connectivity index (χ2n) is 3.67. The summed E-state index contributed by atoms with van der Waals surface area (Å²) in [5.74, 6) is -2.12. The summed E-state index contributed by atoms with van der Waals surface area (Å²) in [4.78, 5) is 26.4. The summed E-state index contributed by atoms with van der Waals surface area (Å²) < 4.78 is 36.8. The van der Waals surface area contributed by atoms with Crippen molar-refractivity contribution >= 4 is 11.9 Å². The second-order valence-corrected chi connectivity index (χ2v) is 3.67. The number of nitrogens with zero attached hydrogens (tertiary/aromatic N) is 2. The Labute approximate surface area is 106 Å². The maximum atomic E-state index is 12.3. The maximum absolute atomic E-state index is 12.3. The Bertz CT molecular complexity index is 471. The topological polar surface area (TPSA) is 70.5 Å². The normalized spacial score (nSPS) is 11.2. The van der Waals surface area contributed by atoms with Crippen LogP contribution in [0.15, 0.2) is 18.3 Å². The highest BCUT2D eigenvalue weighted by molar-refractivity contribution is 5.94. The van der Waals surface area contributed by atoms with Gasteiger partial charge in [-0.25, -0.2) is 9.78 Å². The summed E-state index contributed by atoms with van der Waals surface area (Å²) >= 11 is 0. The van der Waals surface area contributed by atoms with E-state index in [9.17, 15) is 22.8 Å². The van der Waals surface area contributed by atoms with Crippen LogP contribution >= 0.6 is 0 Å². The van der Waals surface area contributed by atoms with Crippen LogP contribution in [0.3, 0.4) is 0 Å². The maximum Gasteiger partial charge on any atom is 0.406 e. The van der Waals surface area contributed by atoms with E-state index in [4.69, 9.17) is 5.11 Å². The molecule has 0 radical (unpaired) electrons. The quantitative estimate of drug-likeness (QED) is 0.910. The largest absolute Gasteiger partial charge is 0.477 e. The molecular weight excluding hydrogens is 265 g/mol. The first kappa shape index (κ1) is 14.9. The Morgan fingerprint density at radius 3 is 2.37 bits per heavy atom. The summed E-state index contributed by atoms with van der Waals surface area (Å²) in [5.41, 5.74) is -0.369. The van der Waals surface area contributed by atoms with Gasteiger partial charge in [0.1, 0.15) is 12.2 Å². The molecule has 1 N–H and O–H groups in total. The van der Waals surface area contributed by atoms with Crippen LogP contribution in [0.5, 0.6) is 0 Å². The highest BCUT2D eigenvalue weighted by Crippen LogP contribution is 2.17. The second kappa shape index (κ2) is 5.68. The minimum Gasteiger partial charge on any atom is -0.477 e. The van der Waals surface area contributed by atoms with E-state index in [2.05, 4.69) is 4.98 Å². The number of hydrogen-bond donors (Lipinski definition) is 1. The van der Waals surface area contributed by atoms with Gasteiger partial charge < -0.3 is 10.0 Å². The predicted molar refractivity (Wildman–Crippen MR) is 58.8 cm³/mol. The van der Waals surface area contributed by atoms with Crippen molar-refractivity contribution in [2.75, 3.05) is 13.1 Å². The summed E-state index contributed by atoms with van der Waals surface area (Å²) in [7, 11) is 0. The Morgan fingerprint density at radius 2 is 2.00 bits per heavy atom. The molecule has 1 aromatic rings. The van der Waals surface area contributed by atoms with Crippen molar-refractivity contribution < 1.29 is 27.9 Å². The number of hydrogen-bond acceptors (Lipinski definition) is 3. The molecule has 0 aliphatic rings. The summed E-state index contributed by atoms with van der Waals surface area (Å²) in [6, 6.07) is 2.20. The molecule has 5 nitrogen and oxygen atoms in total. The number of carboxylic acid groups (broad SMARTS) is 1. The number of rotatable bonds is 4. The van der Waals surface area contributed by atoms with Crippen LogP contribution in [0, 0.1) is 0 Å². The minimum atomic E-state index is -4.49. The Balaban J connectivity index is 2.88. The predicted octanol–water partition coefficient (Wildman–Crippen LogP) is 1.80. The molecule has 1 rings (SSSR count). The van der Waals surface area contributed by atoms with Gasteiger partial charge in [0.05, 0.1) is 5.56 Å². The van der Waals surface area contributed by atoms with Crippen molar-refractivity contribution in [3.8, 4) is 0 Å². The molecule has 0 aliphatic carbocycles. The van der Waals surface area contributed by atoms with Gasteiger partial charge in [-0.05, 0) is 19.1 Å². The minimum absolute atomic E-state index is 0.0869. The molecule has 0 aliphatic heterocycles. The number of alkyl halides is 3. The molecule has 0 aromatic carbocycles. The number of carbonyl (C=O) groups is 2. The van der Waals surface area contributed by atoms with Crippen molar-refractivity contribution in [1.29, 1.82) is 0 Å². The van der Waals surface area contributed by atoms with E-state index in [1.807, 2.05) is 0 Å². The average Bonchev–Trinajstić information content (AvgIpc) is 2.34. The fourth-order valence-electron chi connectivity index (χ4n) is 1.37. The first-order valence-electron chi connectivity index (χ1n) is 5.30. The van der Waals surface area contributed by atoms with Crippen molar-refractivity contribution in [3.05, 3.63) is 29.6 Å². The van der Waals surface area contributed by atoms with Crippen molar-refractivity contribution in [3.63, 3.8) is 0 Å². The fraction of sp³-hybridized carbons (Fsp3) is 0.364. The van der Waals surface area contributed by atoms with E-state index >= 15 is 0 Å². The molecule has 0 saturated carbocycles. The van der Waals surface area contributed by atoms with Crippen LogP contribution in [0.2, 0.25) is 0 Å². The number of carbonyl (C=O) groups excluding carboxylic acids is 1. The molecule has 0 fully saturated rings. The van der Waals surface area contributed by atoms with Crippen LogP contribution in [0.25, 0.3) is 0 Å². The summed E-state index contributed by atoms with van der Waals surface area (Å²) in [5, 5.41) is 8.62. The standard InChI is InChI=1S/C11H11F3N2O3/c1-2-16(6-11(12,13)14)9(17)7-3-4-8(10(18)19)15-5-7/h3-5H,2,6H2,1H3,(H,18,19). The molecule has 1 heterocycles. The van der Waals surface area contributed by atoms with Crippen LogP contribution in [0.1, 0.15) is 27.8 Å². The van der Waals surface area contributed by atoms with Crippen molar-refractivity contribution in [2.24, 2.45) is 0 Å². The van der Waals surface area contributed by atoms with Gasteiger partial charge in [-0.1, -0.05) is 0 Å². The van der Waals surface area contributed by atoms with Crippen LogP contribution in [0.4, 0.5) is 13.2 Å². The van der Waals surface area contributed by atoms with Gasteiger partial charge in [-0.15, -0.1) is 0 Å². The number of amides is 1. The number of carboxylic acids is 1. The molecule has 8 heteroatoms. The smallest absolute Gasteiger partial charge is 0.406 e. The fourth-order valence-corrected chi connectivity index (χ4v) is 1.37. The lowest BCUT2D eigenvalue weighted by molar-refractivity contribution is -0.140. The number of aromatic nitrogens is 1. The zero-order valence-electron chi connectivity index (χ0n) is 9.94. The molecule has 0 unspecified atom stereocenters. The number of halogens is 3. The highest BCUT2D eigenvalue weighted by Gasteiger charge is 2.32. The van der Waals surface area contributed by atoms with Gasteiger partial charge in [0.15, 0.2) is 0 Å². The zero-order chi connectivity index (χ0) is 14.6. The van der Waals surface area contributed by atoms with Gasteiger partial charge in [0.25, 0.3) is 5.91 Å². The molecular formula is C11H11F3N2O3. The SMILES string of the molecule is CCN(CC(F)(F)F)C(=O)c1ccc(C(=O)O)nc1. The van der Waals surface area contributed by atoms with Crippen LogP contribution in [-0.4, -0.2) is 46.1 Å². The molecule has 0 saturated heterocycles. The Kier molecular flexibility index (Phi) is 4.47. The molecule has 0 atom stereocenters. The van der Waals surface area contributed by atoms with Crippen molar-refractivity contribution in [2.45, 2.75) is 13.1 Å². The lowest BCUT2D eigenvalue weighted by Gasteiger charge is -2.22. The third kappa shape index (κ3) is 4.23. The van der Waals surface area contributed by atoms with Gasteiger partial charge >= 0.3 is 12.1 Å². The van der Waals surface area contributed by atoms with E-state index in [-0.39, 0.29) is 17.8 Å². The van der Waals surface area contributed by atoms with Crippen molar-refractivity contribution in [1.82, 2.24) is 9.88 Å². The van der Waals surface area contributed by atoms with Crippen LogP contribution < -0.4 is 0 Å². The van der Waals surface area contributed by atoms with E-state index in [0.29, 0.717) is 4.90 Å². The Morgan fingerprint density at radius 1 is 1.37 bits per heavy atom. The lowest BCUT2D eigenvalue weighted by atomic mass is 10.2. The molecule has 1 amide bonds. The average molecular weight is 276 g/mol. The van der Waals surface area contributed by atoms with Gasteiger partial charge in [-0.2, -0.15) is 13.2 Å². The first-order valence-corrected chi connectivity index (χ1v) is 5.30. The van der Waals surface area contributed by atoms with E-state index < -0.39 is 24.6 Å². The third-order valence-corrected chi connectivity index (χ3v) is 2.27. The van der Waals surface area contributed by atoms with E-state index in [0.717, 1.165) is 18.3 Å². The molecule has 0 bridgehead atoms. The monoisotopic (exact) mass is 276 g/mol. The Hall–Kier alpha value is -2.12. The molecule has 1 aromatic heterocycles. The molecule has 0 spiro atoms. The van der Waals surface area contributed by atoms with Gasteiger partial charge in [-0.3, -0.25) is 4.79 Å². The van der Waals surface area contributed by atoms with E-state index in [1.165, 1.54) is 6.92 Å². The molecule has 19 heavy (non-hydrogen) atoms. The lowest BCUT2D eigenvalue weighted by Crippen LogP contribution is -2.38. The van der Waals surface area contributed by atoms with Gasteiger partial charge in [0, 0.05) is 12.7 Å². The van der Waals surface area contributed by atoms with E-state index in [1.54, 1.807) is 0 Å². The zero-order valence-corrected chi connectivity index (χ0v) is 9.94. The third-order valence-electron chi connectivity index (χ3n) is 2.27. The molecule has 104 valence electrons. The highest BCUT2D eigenvalue weighted by atomic mass is 19.4. The van der Waals surface area contributed by atoms with Gasteiger partial charge in [0.2, 0.25) is 0 Å². The van der Waals surface area contributed by atoms with Crippen LogP contribution in [-0.2, 0) is 0 Å². The number of pyridine rings is 1. The summed E-state index contributed by atoms with van der Waals surface area (Å²) in [6.45, 7) is -0.0509. The summed E-state index contributed by atoms with van der Waals surface area (Å²) in [6.07, 6.45) is -3.54. The first-order chi connectivity index (χ1) is 8.74. The number of aromatic carboxylic acids is 1.